The molecule has 2 N–H and O–H groups in total. The number of carbonyl (C=O) groups excluding carboxylic acids is 1. The summed E-state index contributed by atoms with van der Waals surface area (Å²) in [5.74, 6) is 1.25. The van der Waals surface area contributed by atoms with E-state index in [1.807, 2.05) is 13.1 Å². The number of nitrogens with zero attached hydrogens (tertiary/aromatic N) is 2. The van der Waals surface area contributed by atoms with Crippen LogP contribution in [0.15, 0.2) is 6.20 Å². The van der Waals surface area contributed by atoms with Gasteiger partial charge in [0.2, 0.25) is 5.91 Å². The number of nitrogens with one attached hydrogen (secondary N) is 2. The lowest BCUT2D eigenvalue weighted by Gasteiger charge is -2.37. The van der Waals surface area contributed by atoms with E-state index in [1.165, 1.54) is 5.56 Å². The fourth-order valence-corrected chi connectivity index (χ4v) is 3.03. The Labute approximate surface area is 120 Å². The summed E-state index contributed by atoms with van der Waals surface area (Å²) < 4.78 is 0. The first-order chi connectivity index (χ1) is 9.65. The van der Waals surface area contributed by atoms with Gasteiger partial charge >= 0.3 is 0 Å². The summed E-state index contributed by atoms with van der Waals surface area (Å²) in [6, 6.07) is 0.493. The number of likely N-dealkylation sites (tertiary alicyclic amines) is 1. The second kappa shape index (κ2) is 5.56. The monoisotopic (exact) mass is 276 g/mol. The molecule has 1 saturated carbocycles. The molecule has 0 bridgehead atoms. The lowest BCUT2D eigenvalue weighted by atomic mass is 9.93. The molecule has 2 fully saturated rings. The smallest absolute Gasteiger partial charge is 0.225 e. The molecular formula is C15H24N4O. The van der Waals surface area contributed by atoms with Gasteiger partial charge in [-0.05, 0) is 32.1 Å². The highest BCUT2D eigenvalue weighted by Crippen LogP contribution is 2.32. The van der Waals surface area contributed by atoms with Gasteiger partial charge in [0, 0.05) is 42.9 Å². The van der Waals surface area contributed by atoms with Crippen LogP contribution in [0.5, 0.6) is 0 Å². The SMILES string of the molecule is Cc1[nH]ncc1CNC1CCN(C(=O)C2CC2)CC1C. The van der Waals surface area contributed by atoms with Crippen molar-refractivity contribution in [3.05, 3.63) is 17.5 Å². The molecule has 1 aromatic heterocycles. The van der Waals surface area contributed by atoms with Crippen molar-refractivity contribution < 1.29 is 4.79 Å². The second-order valence-corrected chi connectivity index (χ2v) is 6.33. The van der Waals surface area contributed by atoms with E-state index in [9.17, 15) is 4.79 Å². The number of hydrogen-bond donors (Lipinski definition) is 2. The summed E-state index contributed by atoms with van der Waals surface area (Å²) in [7, 11) is 0. The third-order valence-electron chi connectivity index (χ3n) is 4.63. The summed E-state index contributed by atoms with van der Waals surface area (Å²) in [6.45, 7) is 6.95. The first kappa shape index (κ1) is 13.6. The average molecular weight is 276 g/mol. The lowest BCUT2D eigenvalue weighted by Crippen LogP contribution is -2.50. The van der Waals surface area contributed by atoms with Crippen LogP contribution >= 0.6 is 0 Å². The number of aromatic amines is 1. The van der Waals surface area contributed by atoms with Crippen molar-refractivity contribution in [1.82, 2.24) is 20.4 Å². The molecule has 1 aliphatic heterocycles. The predicted molar refractivity (Wildman–Crippen MR) is 77.0 cm³/mol. The first-order valence-electron chi connectivity index (χ1n) is 7.66. The molecule has 1 aliphatic carbocycles. The second-order valence-electron chi connectivity index (χ2n) is 6.33. The fourth-order valence-electron chi connectivity index (χ4n) is 3.03. The third-order valence-corrected chi connectivity index (χ3v) is 4.63. The Morgan fingerprint density at radius 3 is 2.90 bits per heavy atom. The maximum absolute atomic E-state index is 12.1. The van der Waals surface area contributed by atoms with Gasteiger partial charge in [-0.15, -0.1) is 0 Å². The Morgan fingerprint density at radius 2 is 2.30 bits per heavy atom. The summed E-state index contributed by atoms with van der Waals surface area (Å²) >= 11 is 0. The van der Waals surface area contributed by atoms with E-state index in [0.717, 1.165) is 44.6 Å². The summed E-state index contributed by atoms with van der Waals surface area (Å²) in [6.07, 6.45) is 5.14. The maximum Gasteiger partial charge on any atom is 0.225 e. The Hall–Kier alpha value is -1.36. The number of carbonyl (C=O) groups is 1. The van der Waals surface area contributed by atoms with E-state index in [1.54, 1.807) is 0 Å². The minimum atomic E-state index is 0.347. The Kier molecular flexibility index (Phi) is 3.78. The molecule has 5 heteroatoms. The van der Waals surface area contributed by atoms with E-state index < -0.39 is 0 Å². The minimum Gasteiger partial charge on any atom is -0.342 e. The molecule has 0 aromatic carbocycles. The highest BCUT2D eigenvalue weighted by atomic mass is 16.2. The van der Waals surface area contributed by atoms with Gasteiger partial charge in [-0.2, -0.15) is 5.10 Å². The van der Waals surface area contributed by atoms with E-state index in [4.69, 9.17) is 0 Å². The largest absolute Gasteiger partial charge is 0.342 e. The van der Waals surface area contributed by atoms with E-state index in [0.29, 0.717) is 23.8 Å². The van der Waals surface area contributed by atoms with Crippen LogP contribution in [0, 0.1) is 18.8 Å². The molecule has 0 radical (unpaired) electrons. The number of rotatable bonds is 4. The molecular weight excluding hydrogens is 252 g/mol. The minimum absolute atomic E-state index is 0.347. The van der Waals surface area contributed by atoms with Gasteiger partial charge in [-0.1, -0.05) is 6.92 Å². The van der Waals surface area contributed by atoms with Gasteiger partial charge in [0.25, 0.3) is 0 Å². The molecule has 1 aromatic rings. The molecule has 0 spiro atoms. The fraction of sp³-hybridized carbons (Fsp3) is 0.733. The number of aryl methyl sites for hydroxylation is 1. The summed E-state index contributed by atoms with van der Waals surface area (Å²) in [5.41, 5.74) is 2.36. The van der Waals surface area contributed by atoms with Crippen LogP contribution in [-0.2, 0) is 11.3 Å². The van der Waals surface area contributed by atoms with Crippen LogP contribution in [0.3, 0.4) is 0 Å². The van der Waals surface area contributed by atoms with Gasteiger partial charge in [0.15, 0.2) is 0 Å². The molecule has 2 aliphatic rings. The zero-order valence-electron chi connectivity index (χ0n) is 12.4. The maximum atomic E-state index is 12.1. The van der Waals surface area contributed by atoms with Crippen LogP contribution in [0.4, 0.5) is 0 Å². The van der Waals surface area contributed by atoms with Crippen molar-refractivity contribution in [3.8, 4) is 0 Å². The van der Waals surface area contributed by atoms with Gasteiger partial charge in [0.1, 0.15) is 0 Å². The molecule has 2 heterocycles. The van der Waals surface area contributed by atoms with E-state index >= 15 is 0 Å². The molecule has 1 saturated heterocycles. The molecule has 20 heavy (non-hydrogen) atoms. The van der Waals surface area contributed by atoms with Gasteiger partial charge in [-0.3, -0.25) is 9.89 Å². The van der Waals surface area contributed by atoms with Crippen molar-refractivity contribution >= 4 is 5.91 Å². The Balaban J connectivity index is 1.50. The van der Waals surface area contributed by atoms with Crippen LogP contribution in [-0.4, -0.2) is 40.1 Å². The Bertz CT molecular complexity index is 480. The van der Waals surface area contributed by atoms with Crippen LogP contribution in [0.2, 0.25) is 0 Å². The van der Waals surface area contributed by atoms with Gasteiger partial charge < -0.3 is 10.2 Å². The molecule has 110 valence electrons. The standard InChI is InChI=1S/C15H24N4O/c1-10-9-19(15(20)12-3-4-12)6-5-14(10)16-7-13-8-17-18-11(13)2/h8,10,12,14,16H,3-7,9H2,1-2H3,(H,17,18). The predicted octanol–water partition coefficient (Wildman–Crippen LogP) is 1.45. The average Bonchev–Trinajstić information content (AvgIpc) is 3.20. The number of amides is 1. The number of piperidine rings is 1. The zero-order chi connectivity index (χ0) is 14.1. The van der Waals surface area contributed by atoms with Crippen molar-refractivity contribution in [2.24, 2.45) is 11.8 Å². The molecule has 2 atom stereocenters. The number of H-pyrrole nitrogens is 1. The molecule has 5 nitrogen and oxygen atoms in total. The normalized spacial score (nSPS) is 26.8. The zero-order valence-corrected chi connectivity index (χ0v) is 12.4. The summed E-state index contributed by atoms with van der Waals surface area (Å²) in [4.78, 5) is 14.2. The van der Waals surface area contributed by atoms with Crippen molar-refractivity contribution in [3.63, 3.8) is 0 Å². The van der Waals surface area contributed by atoms with E-state index in [2.05, 4.69) is 27.3 Å². The topological polar surface area (TPSA) is 61.0 Å². The third kappa shape index (κ3) is 2.87. The Morgan fingerprint density at radius 1 is 1.50 bits per heavy atom. The number of aromatic nitrogens is 2. The first-order valence-corrected chi connectivity index (χ1v) is 7.66. The van der Waals surface area contributed by atoms with Crippen LogP contribution < -0.4 is 5.32 Å². The molecule has 2 unspecified atom stereocenters. The van der Waals surface area contributed by atoms with Crippen molar-refractivity contribution in [1.29, 1.82) is 0 Å². The quantitative estimate of drug-likeness (QED) is 0.875. The van der Waals surface area contributed by atoms with Crippen molar-refractivity contribution in [2.45, 2.75) is 45.7 Å². The molecule has 3 rings (SSSR count). The van der Waals surface area contributed by atoms with E-state index in [-0.39, 0.29) is 0 Å². The number of hydrogen-bond acceptors (Lipinski definition) is 3. The van der Waals surface area contributed by atoms with Gasteiger partial charge in [-0.25, -0.2) is 0 Å². The van der Waals surface area contributed by atoms with Crippen LogP contribution in [0.25, 0.3) is 0 Å². The van der Waals surface area contributed by atoms with Crippen molar-refractivity contribution in [2.75, 3.05) is 13.1 Å². The highest BCUT2D eigenvalue weighted by molar-refractivity contribution is 5.81. The highest BCUT2D eigenvalue weighted by Gasteiger charge is 2.36. The summed E-state index contributed by atoms with van der Waals surface area (Å²) in [5, 5.41) is 10.6. The van der Waals surface area contributed by atoms with Crippen LogP contribution in [0.1, 0.15) is 37.4 Å². The molecule has 1 amide bonds. The van der Waals surface area contributed by atoms with Gasteiger partial charge in [0.05, 0.1) is 6.20 Å². The lowest BCUT2D eigenvalue weighted by molar-refractivity contribution is -0.134.